The molecule has 0 aliphatic carbocycles. The van der Waals surface area contributed by atoms with Crippen LogP contribution in [0, 0.1) is 13.0 Å². The molecule has 2 rings (SSSR count). The van der Waals surface area contributed by atoms with Crippen molar-refractivity contribution >= 4 is 0 Å². The van der Waals surface area contributed by atoms with Gasteiger partial charge in [0.25, 0.3) is 0 Å². The zero-order valence-electron chi connectivity index (χ0n) is 7.49. The lowest BCUT2D eigenvalue weighted by molar-refractivity contribution is 1.27. The third kappa shape index (κ3) is 1.59. The van der Waals surface area contributed by atoms with E-state index in [1.165, 1.54) is 16.7 Å². The molecule has 0 atom stereocenters. The predicted octanol–water partition coefficient (Wildman–Crippen LogP) is 2.86. The van der Waals surface area contributed by atoms with E-state index in [1.54, 1.807) is 0 Å². The first-order valence-corrected chi connectivity index (χ1v) is 4.25. The molecule has 13 heavy (non-hydrogen) atoms. The Balaban J connectivity index is 2.54. The molecule has 2 aromatic rings. The van der Waals surface area contributed by atoms with E-state index in [2.05, 4.69) is 24.0 Å². The van der Waals surface area contributed by atoms with Crippen LogP contribution in [0.3, 0.4) is 0 Å². The second-order valence-corrected chi connectivity index (χ2v) is 2.98. The highest BCUT2D eigenvalue weighted by Crippen LogP contribution is 2.20. The van der Waals surface area contributed by atoms with Gasteiger partial charge in [0.05, 0.1) is 0 Å². The van der Waals surface area contributed by atoms with E-state index in [-0.39, 0.29) is 0 Å². The maximum atomic E-state index is 4.06. The molecule has 1 aromatic carbocycles. The number of benzene rings is 1. The molecule has 1 aromatic heterocycles. The van der Waals surface area contributed by atoms with Gasteiger partial charge in [-0.2, -0.15) is 0 Å². The maximum Gasteiger partial charge on any atom is 0.0303 e. The summed E-state index contributed by atoms with van der Waals surface area (Å²) in [4.78, 5) is 4.06. The zero-order valence-corrected chi connectivity index (χ0v) is 7.49. The van der Waals surface area contributed by atoms with Crippen LogP contribution >= 0.6 is 0 Å². The number of aryl methyl sites for hydroxylation is 1. The lowest BCUT2D eigenvalue weighted by atomic mass is 10.0. The van der Waals surface area contributed by atoms with Crippen molar-refractivity contribution in [1.29, 1.82) is 0 Å². The summed E-state index contributed by atoms with van der Waals surface area (Å²) in [6.45, 7) is 2.06. The molecule has 1 nitrogen and oxygen atoms in total. The Kier molecular flexibility index (Phi) is 2.09. The summed E-state index contributed by atoms with van der Waals surface area (Å²) in [5.74, 6) is 0. The smallest absolute Gasteiger partial charge is 0.0303 e. The Morgan fingerprint density at radius 2 is 2.23 bits per heavy atom. The van der Waals surface area contributed by atoms with Crippen LogP contribution in [0.15, 0.2) is 42.7 Å². The third-order valence-corrected chi connectivity index (χ3v) is 2.04. The fraction of sp³-hybridized carbons (Fsp3) is 0.0833. The largest absolute Gasteiger partial charge is 0.264 e. The molecule has 0 saturated heterocycles. The van der Waals surface area contributed by atoms with Gasteiger partial charge in [-0.1, -0.05) is 18.2 Å². The number of nitrogens with zero attached hydrogens (tertiary/aromatic N) is 1. The summed E-state index contributed by atoms with van der Waals surface area (Å²) < 4.78 is 0. The van der Waals surface area contributed by atoms with Gasteiger partial charge in [0, 0.05) is 12.4 Å². The normalized spacial score (nSPS) is 9.92. The molecule has 0 fully saturated rings. The van der Waals surface area contributed by atoms with E-state index < -0.39 is 0 Å². The standard InChI is InChI=1S/C12H10N/c1-10-9-13-8-7-12(10)11-5-3-2-4-6-11/h2-3,5-9H,1H3. The molecular formula is C12H10N. The van der Waals surface area contributed by atoms with Crippen molar-refractivity contribution in [3.8, 4) is 11.1 Å². The molecule has 63 valence electrons. The second-order valence-electron chi connectivity index (χ2n) is 2.98. The maximum absolute atomic E-state index is 4.06. The summed E-state index contributed by atoms with van der Waals surface area (Å²) >= 11 is 0. The summed E-state index contributed by atoms with van der Waals surface area (Å²) in [6.07, 6.45) is 3.69. The highest BCUT2D eigenvalue weighted by molar-refractivity contribution is 5.65. The first-order valence-electron chi connectivity index (χ1n) is 4.25. The van der Waals surface area contributed by atoms with Crippen molar-refractivity contribution in [2.45, 2.75) is 6.92 Å². The van der Waals surface area contributed by atoms with E-state index in [9.17, 15) is 0 Å². The van der Waals surface area contributed by atoms with E-state index in [4.69, 9.17) is 0 Å². The quantitative estimate of drug-likeness (QED) is 0.638. The van der Waals surface area contributed by atoms with Gasteiger partial charge in [-0.05, 0) is 41.8 Å². The molecule has 0 bridgehead atoms. The van der Waals surface area contributed by atoms with Gasteiger partial charge in [-0.15, -0.1) is 0 Å². The minimum absolute atomic E-state index is 1.20. The number of hydrogen-bond donors (Lipinski definition) is 0. The molecule has 0 spiro atoms. The number of aromatic nitrogens is 1. The summed E-state index contributed by atoms with van der Waals surface area (Å²) in [6, 6.07) is 13.1. The average Bonchev–Trinajstić information content (AvgIpc) is 2.20. The molecule has 0 N–H and O–H groups in total. The summed E-state index contributed by atoms with van der Waals surface area (Å²) in [5.41, 5.74) is 3.62. The van der Waals surface area contributed by atoms with Crippen molar-refractivity contribution in [2.75, 3.05) is 0 Å². The molecular weight excluding hydrogens is 158 g/mol. The fourth-order valence-corrected chi connectivity index (χ4v) is 1.36. The molecule has 0 unspecified atom stereocenters. The molecule has 1 heterocycles. The Hall–Kier alpha value is -1.63. The van der Waals surface area contributed by atoms with Crippen LogP contribution in [0.2, 0.25) is 0 Å². The minimum Gasteiger partial charge on any atom is -0.264 e. The fourth-order valence-electron chi connectivity index (χ4n) is 1.36. The highest BCUT2D eigenvalue weighted by Gasteiger charge is 1.98. The number of pyridine rings is 1. The van der Waals surface area contributed by atoms with Gasteiger partial charge < -0.3 is 0 Å². The van der Waals surface area contributed by atoms with Crippen LogP contribution in [-0.4, -0.2) is 4.98 Å². The molecule has 0 aliphatic rings. The van der Waals surface area contributed by atoms with Crippen LogP contribution in [0.5, 0.6) is 0 Å². The Morgan fingerprint density at radius 1 is 1.31 bits per heavy atom. The van der Waals surface area contributed by atoms with Crippen molar-refractivity contribution in [3.05, 3.63) is 54.4 Å². The van der Waals surface area contributed by atoms with E-state index >= 15 is 0 Å². The van der Waals surface area contributed by atoms with E-state index in [0.717, 1.165) is 0 Å². The van der Waals surface area contributed by atoms with Gasteiger partial charge in [0.15, 0.2) is 0 Å². The van der Waals surface area contributed by atoms with Crippen molar-refractivity contribution < 1.29 is 0 Å². The van der Waals surface area contributed by atoms with Crippen molar-refractivity contribution in [2.24, 2.45) is 0 Å². The van der Waals surface area contributed by atoms with Crippen LogP contribution in [-0.2, 0) is 0 Å². The zero-order chi connectivity index (χ0) is 9.10. The first-order chi connectivity index (χ1) is 6.38. The third-order valence-electron chi connectivity index (χ3n) is 2.04. The van der Waals surface area contributed by atoms with E-state index in [1.807, 2.05) is 36.7 Å². The van der Waals surface area contributed by atoms with E-state index in [0.29, 0.717) is 0 Å². The number of rotatable bonds is 1. The van der Waals surface area contributed by atoms with Gasteiger partial charge in [0.2, 0.25) is 0 Å². The Labute approximate surface area is 78.1 Å². The SMILES string of the molecule is Cc1cnccc1-c1c[c]ccc1. The van der Waals surface area contributed by atoms with Gasteiger partial charge in [-0.25, -0.2) is 0 Å². The van der Waals surface area contributed by atoms with Crippen LogP contribution in [0.1, 0.15) is 5.56 Å². The molecule has 0 saturated carbocycles. The second kappa shape index (κ2) is 3.40. The van der Waals surface area contributed by atoms with Gasteiger partial charge in [0.1, 0.15) is 0 Å². The minimum atomic E-state index is 1.20. The molecule has 0 aliphatic heterocycles. The topological polar surface area (TPSA) is 12.9 Å². The molecule has 1 heteroatoms. The molecule has 1 radical (unpaired) electrons. The van der Waals surface area contributed by atoms with Gasteiger partial charge in [-0.3, -0.25) is 4.98 Å². The summed E-state index contributed by atoms with van der Waals surface area (Å²) in [7, 11) is 0. The predicted molar refractivity (Wildman–Crippen MR) is 53.2 cm³/mol. The van der Waals surface area contributed by atoms with Crippen LogP contribution in [0.4, 0.5) is 0 Å². The molecule has 0 amide bonds. The monoisotopic (exact) mass is 168 g/mol. The number of hydrogen-bond acceptors (Lipinski definition) is 1. The Morgan fingerprint density at radius 3 is 2.92 bits per heavy atom. The van der Waals surface area contributed by atoms with Crippen LogP contribution < -0.4 is 0 Å². The van der Waals surface area contributed by atoms with Crippen molar-refractivity contribution in [3.63, 3.8) is 0 Å². The van der Waals surface area contributed by atoms with Crippen LogP contribution in [0.25, 0.3) is 11.1 Å². The van der Waals surface area contributed by atoms with Crippen molar-refractivity contribution in [1.82, 2.24) is 4.98 Å². The summed E-state index contributed by atoms with van der Waals surface area (Å²) in [5, 5.41) is 0. The van der Waals surface area contributed by atoms with Gasteiger partial charge >= 0.3 is 0 Å². The average molecular weight is 168 g/mol. The highest BCUT2D eigenvalue weighted by atomic mass is 14.6. The lowest BCUT2D eigenvalue weighted by Crippen LogP contribution is -1.83. The Bertz CT molecular complexity index is 393. The lowest BCUT2D eigenvalue weighted by Gasteiger charge is -2.03. The first kappa shape index (κ1) is 7.99.